The van der Waals surface area contributed by atoms with Gasteiger partial charge >= 0.3 is 11.7 Å². The number of ether oxygens (including phenoxy) is 1. The van der Waals surface area contributed by atoms with E-state index in [9.17, 15) is 19.5 Å². The highest BCUT2D eigenvalue weighted by atomic mass is 16.5. The fraction of sp³-hybridized carbons (Fsp3) is 0.393. The van der Waals surface area contributed by atoms with E-state index in [2.05, 4.69) is 17.0 Å². The number of carbonyl (C=O) groups excluding carboxylic acids is 2. The normalized spacial score (nSPS) is 12.5. The average molecular weight is 482 g/mol. The molecular formula is C28H35NO6. The highest BCUT2D eigenvalue weighted by Crippen LogP contribution is 2.26. The molecule has 1 amide bonds. The number of aromatic hydroxyl groups is 1. The van der Waals surface area contributed by atoms with Crippen molar-refractivity contribution in [2.45, 2.75) is 65.2 Å². The maximum absolute atomic E-state index is 12.9. The summed E-state index contributed by atoms with van der Waals surface area (Å²) in [6, 6.07) is 9.30. The largest absolute Gasteiger partial charge is 0.507 e. The smallest absolute Gasteiger partial charge is 0.410 e. The van der Waals surface area contributed by atoms with Crippen molar-refractivity contribution in [3.8, 4) is 5.75 Å². The van der Waals surface area contributed by atoms with Crippen LogP contribution in [-0.2, 0) is 11.2 Å². The molecule has 35 heavy (non-hydrogen) atoms. The minimum Gasteiger partial charge on any atom is -0.507 e. The predicted molar refractivity (Wildman–Crippen MR) is 137 cm³/mol. The molecule has 0 fully saturated rings. The molecule has 0 aliphatic rings. The summed E-state index contributed by atoms with van der Waals surface area (Å²) >= 11 is 0. The zero-order chi connectivity index (χ0) is 25.8. The van der Waals surface area contributed by atoms with E-state index < -0.39 is 23.3 Å². The molecule has 0 saturated heterocycles. The second kappa shape index (κ2) is 13.9. The third kappa shape index (κ3) is 8.59. The first kappa shape index (κ1) is 27.6. The highest BCUT2D eigenvalue weighted by Gasteiger charge is 2.22. The molecule has 1 heterocycles. The van der Waals surface area contributed by atoms with Gasteiger partial charge in [0.05, 0.1) is 7.11 Å². The van der Waals surface area contributed by atoms with Crippen LogP contribution in [0.5, 0.6) is 5.75 Å². The molecule has 0 aliphatic heterocycles. The number of allylic oxidation sites excluding steroid dienone is 2. The molecule has 1 atom stereocenters. The van der Waals surface area contributed by atoms with Crippen molar-refractivity contribution in [3.05, 3.63) is 81.1 Å². The molecule has 7 heteroatoms. The van der Waals surface area contributed by atoms with Gasteiger partial charge in [0.15, 0.2) is 5.78 Å². The Morgan fingerprint density at radius 3 is 2.54 bits per heavy atom. The zero-order valence-corrected chi connectivity index (χ0v) is 20.9. The van der Waals surface area contributed by atoms with Crippen LogP contribution in [0.3, 0.4) is 0 Å². The van der Waals surface area contributed by atoms with Gasteiger partial charge in [0, 0.05) is 18.2 Å². The summed E-state index contributed by atoms with van der Waals surface area (Å²) in [6.45, 7) is 5.63. The lowest BCUT2D eigenvalue weighted by atomic mass is 9.99. The van der Waals surface area contributed by atoms with Gasteiger partial charge in [0.25, 0.3) is 0 Å². The van der Waals surface area contributed by atoms with Gasteiger partial charge in [0.2, 0.25) is 0 Å². The Bertz CT molecular complexity index is 1110. The molecule has 0 bridgehead atoms. The fourth-order valence-electron chi connectivity index (χ4n) is 3.58. The molecule has 0 spiro atoms. The van der Waals surface area contributed by atoms with Crippen LogP contribution >= 0.6 is 0 Å². The Balaban J connectivity index is 2.07. The standard InChI is InChI=1S/C28H35NO6/c1-5-6-7-11-21-12-14-22(15-13-21)17-20(3)26(31)25-23(30)18-24(35-27(25)32)19(2)10-8-9-16-29-28(33)34-4/h9,12-19,30H,5-8,10-11H2,1-4H3,(H,29,33)/b16-9+,20-17+. The van der Waals surface area contributed by atoms with Gasteiger partial charge in [-0.25, -0.2) is 9.59 Å². The third-order valence-corrected chi connectivity index (χ3v) is 5.72. The number of ketones is 1. The van der Waals surface area contributed by atoms with Crippen molar-refractivity contribution < 1.29 is 23.8 Å². The van der Waals surface area contributed by atoms with Gasteiger partial charge in [-0.05, 0) is 55.4 Å². The molecule has 1 aromatic carbocycles. The van der Waals surface area contributed by atoms with Crippen LogP contribution in [0.2, 0.25) is 0 Å². The molecule has 2 N–H and O–H groups in total. The quantitative estimate of drug-likeness (QED) is 0.215. The third-order valence-electron chi connectivity index (χ3n) is 5.72. The molecule has 7 nitrogen and oxygen atoms in total. The highest BCUT2D eigenvalue weighted by molar-refractivity contribution is 6.12. The molecule has 2 rings (SSSR count). The summed E-state index contributed by atoms with van der Waals surface area (Å²) in [5, 5.41) is 12.9. The number of benzene rings is 1. The second-order valence-electron chi connectivity index (χ2n) is 8.57. The van der Waals surface area contributed by atoms with Gasteiger partial charge in [-0.2, -0.15) is 0 Å². The van der Waals surface area contributed by atoms with Crippen LogP contribution in [0.25, 0.3) is 6.08 Å². The molecule has 2 aromatic rings. The van der Waals surface area contributed by atoms with Crippen LogP contribution < -0.4 is 10.9 Å². The maximum Gasteiger partial charge on any atom is 0.410 e. The van der Waals surface area contributed by atoms with Crippen LogP contribution in [-0.4, -0.2) is 24.1 Å². The van der Waals surface area contributed by atoms with Crippen molar-refractivity contribution >= 4 is 18.0 Å². The summed E-state index contributed by atoms with van der Waals surface area (Å²) in [6.07, 6.45) is 10.1. The van der Waals surface area contributed by atoms with Crippen LogP contribution in [0.4, 0.5) is 4.79 Å². The number of carbonyl (C=O) groups is 2. The number of rotatable bonds is 12. The molecule has 1 unspecified atom stereocenters. The first-order valence-electron chi connectivity index (χ1n) is 11.9. The van der Waals surface area contributed by atoms with Crippen molar-refractivity contribution in [2.24, 2.45) is 0 Å². The molecular weight excluding hydrogens is 446 g/mol. The Hall–Kier alpha value is -3.61. The number of aryl methyl sites for hydroxylation is 1. The van der Waals surface area contributed by atoms with E-state index in [0.29, 0.717) is 24.2 Å². The summed E-state index contributed by atoms with van der Waals surface area (Å²) in [5.41, 5.74) is 1.19. The summed E-state index contributed by atoms with van der Waals surface area (Å²) in [5.74, 6) is -0.860. The van der Waals surface area contributed by atoms with Gasteiger partial charge < -0.3 is 14.3 Å². The fourth-order valence-corrected chi connectivity index (χ4v) is 3.58. The van der Waals surface area contributed by atoms with Crippen molar-refractivity contribution in [3.63, 3.8) is 0 Å². The monoisotopic (exact) mass is 481 g/mol. The summed E-state index contributed by atoms with van der Waals surface area (Å²) < 4.78 is 9.83. The first-order valence-corrected chi connectivity index (χ1v) is 11.9. The van der Waals surface area contributed by atoms with Crippen LogP contribution in [0, 0.1) is 0 Å². The first-order chi connectivity index (χ1) is 16.8. The minimum atomic E-state index is -0.862. The lowest BCUT2D eigenvalue weighted by Gasteiger charge is -2.11. The van der Waals surface area contributed by atoms with Gasteiger partial charge in [-0.15, -0.1) is 0 Å². The molecule has 0 radical (unpaired) electrons. The van der Waals surface area contributed by atoms with E-state index in [1.165, 1.54) is 37.8 Å². The Labute approximate surface area is 206 Å². The predicted octanol–water partition coefficient (Wildman–Crippen LogP) is 6.12. The van der Waals surface area contributed by atoms with Crippen molar-refractivity contribution in [1.29, 1.82) is 0 Å². The number of nitrogens with one attached hydrogen (secondary N) is 1. The lowest BCUT2D eigenvalue weighted by molar-refractivity contribution is 0.102. The number of unbranched alkanes of at least 4 members (excludes halogenated alkanes) is 2. The van der Waals surface area contributed by atoms with Crippen molar-refractivity contribution in [1.82, 2.24) is 5.32 Å². The number of Topliss-reactive ketones (excluding diaryl/α,β-unsaturated/α-hetero) is 1. The van der Waals surface area contributed by atoms with Crippen LogP contribution in [0.15, 0.2) is 57.4 Å². The van der Waals surface area contributed by atoms with E-state index in [4.69, 9.17) is 4.42 Å². The van der Waals surface area contributed by atoms with Crippen LogP contribution in [0.1, 0.15) is 86.0 Å². The SMILES string of the molecule is CCCCCc1ccc(/C=C(\C)C(=O)c2c(O)cc(C(C)CC/C=C/NC(=O)OC)oc2=O)cc1. The maximum atomic E-state index is 12.9. The number of hydrogen-bond acceptors (Lipinski definition) is 6. The Morgan fingerprint density at radius 1 is 1.20 bits per heavy atom. The molecule has 1 aromatic heterocycles. The van der Waals surface area contributed by atoms with E-state index in [1.54, 1.807) is 19.1 Å². The Kier molecular flexibility index (Phi) is 11.0. The number of hydrogen-bond donors (Lipinski definition) is 2. The molecule has 0 aliphatic carbocycles. The van der Waals surface area contributed by atoms with Gasteiger partial charge in [0.1, 0.15) is 17.1 Å². The summed E-state index contributed by atoms with van der Waals surface area (Å²) in [7, 11) is 1.28. The van der Waals surface area contributed by atoms with E-state index in [0.717, 1.165) is 18.4 Å². The zero-order valence-electron chi connectivity index (χ0n) is 20.9. The van der Waals surface area contributed by atoms with E-state index in [1.807, 2.05) is 31.2 Å². The number of alkyl carbamates (subject to hydrolysis) is 1. The lowest BCUT2D eigenvalue weighted by Crippen LogP contribution is -2.16. The Morgan fingerprint density at radius 2 is 1.91 bits per heavy atom. The summed E-state index contributed by atoms with van der Waals surface area (Å²) in [4.78, 5) is 36.5. The molecule has 0 saturated carbocycles. The topological polar surface area (TPSA) is 106 Å². The second-order valence-corrected chi connectivity index (χ2v) is 8.57. The minimum absolute atomic E-state index is 0.187. The average Bonchev–Trinajstić information content (AvgIpc) is 2.84. The number of methoxy groups -OCH3 is 1. The van der Waals surface area contributed by atoms with E-state index in [-0.39, 0.29) is 11.5 Å². The van der Waals surface area contributed by atoms with Gasteiger partial charge in [-0.3, -0.25) is 10.1 Å². The van der Waals surface area contributed by atoms with Crippen molar-refractivity contribution in [2.75, 3.05) is 7.11 Å². The van der Waals surface area contributed by atoms with E-state index >= 15 is 0 Å². The van der Waals surface area contributed by atoms with Gasteiger partial charge in [-0.1, -0.05) is 57.0 Å². The molecule has 188 valence electrons. The number of amides is 1.